The van der Waals surface area contributed by atoms with Gasteiger partial charge < -0.3 is 14.6 Å². The van der Waals surface area contributed by atoms with Gasteiger partial charge in [0.05, 0.1) is 36.7 Å². The number of amides is 1. The average Bonchev–Trinajstić information content (AvgIpc) is 3.34. The van der Waals surface area contributed by atoms with E-state index in [1.165, 1.54) is 5.56 Å². The highest BCUT2D eigenvalue weighted by atomic mass is 16.5. The Morgan fingerprint density at radius 2 is 2.07 bits per heavy atom. The van der Waals surface area contributed by atoms with E-state index in [2.05, 4.69) is 32.4 Å². The zero-order valence-corrected chi connectivity index (χ0v) is 16.1. The third-order valence-corrected chi connectivity index (χ3v) is 5.55. The van der Waals surface area contributed by atoms with Crippen LogP contribution in [-0.4, -0.2) is 44.7 Å². The molecular weight excluding hydrogens is 366 g/mol. The van der Waals surface area contributed by atoms with Gasteiger partial charge >= 0.3 is 0 Å². The summed E-state index contributed by atoms with van der Waals surface area (Å²) < 4.78 is 7.53. The Bertz CT molecular complexity index is 1200. The zero-order valence-electron chi connectivity index (χ0n) is 16.1. The van der Waals surface area contributed by atoms with E-state index < -0.39 is 0 Å². The largest absolute Gasteiger partial charge is 0.379 e. The Balaban J connectivity index is 1.34. The molecule has 0 bridgehead atoms. The summed E-state index contributed by atoms with van der Waals surface area (Å²) >= 11 is 0. The first-order chi connectivity index (χ1) is 14.2. The van der Waals surface area contributed by atoms with Gasteiger partial charge in [0.15, 0.2) is 5.65 Å². The minimum atomic E-state index is -0.148. The lowest BCUT2D eigenvalue weighted by Gasteiger charge is -2.20. The number of rotatable bonds is 4. The van der Waals surface area contributed by atoms with Gasteiger partial charge in [0, 0.05) is 30.7 Å². The SMILES string of the molecule is Cn1cnc2cc(C(=O)N[C@@H]3COC[C@H]3Cc3ccnc4ccccc34)cnc21. The summed E-state index contributed by atoms with van der Waals surface area (Å²) in [6.45, 7) is 1.14. The Labute approximate surface area is 167 Å². The summed E-state index contributed by atoms with van der Waals surface area (Å²) in [5.74, 6) is 0.0569. The number of aryl methyl sites for hydroxylation is 1. The lowest BCUT2D eigenvalue weighted by atomic mass is 9.93. The molecule has 29 heavy (non-hydrogen) atoms. The molecule has 1 amide bonds. The van der Waals surface area contributed by atoms with E-state index in [-0.39, 0.29) is 17.9 Å². The molecule has 0 radical (unpaired) electrons. The molecule has 0 saturated carbocycles. The second-order valence-corrected chi connectivity index (χ2v) is 7.49. The normalized spacial score (nSPS) is 19.1. The number of ether oxygens (including phenoxy) is 1. The Morgan fingerprint density at radius 3 is 3.00 bits per heavy atom. The number of para-hydroxylation sites is 1. The maximum absolute atomic E-state index is 12.8. The fourth-order valence-electron chi connectivity index (χ4n) is 3.97. The molecule has 7 nitrogen and oxygen atoms in total. The van der Waals surface area contributed by atoms with Gasteiger partial charge in [0.25, 0.3) is 5.91 Å². The second-order valence-electron chi connectivity index (χ2n) is 7.49. The van der Waals surface area contributed by atoms with Crippen LogP contribution >= 0.6 is 0 Å². The summed E-state index contributed by atoms with van der Waals surface area (Å²) in [6.07, 6.45) is 5.96. The first-order valence-electron chi connectivity index (χ1n) is 9.67. The zero-order chi connectivity index (χ0) is 19.8. The van der Waals surface area contributed by atoms with Crippen LogP contribution in [0.2, 0.25) is 0 Å². The van der Waals surface area contributed by atoms with Gasteiger partial charge in [0.2, 0.25) is 0 Å². The van der Waals surface area contributed by atoms with Crippen molar-refractivity contribution in [1.29, 1.82) is 0 Å². The average molecular weight is 387 g/mol. The van der Waals surface area contributed by atoms with Crippen molar-refractivity contribution < 1.29 is 9.53 Å². The van der Waals surface area contributed by atoms with Crippen LogP contribution in [0.5, 0.6) is 0 Å². The molecule has 2 atom stereocenters. The Kier molecular flexibility index (Phi) is 4.44. The molecule has 0 spiro atoms. The fourth-order valence-corrected chi connectivity index (χ4v) is 3.97. The standard InChI is InChI=1S/C22H21N5O2/c1-27-13-25-19-9-15(10-24-21(19)27)22(28)26-20-12-29-11-16(20)8-14-6-7-23-18-5-3-2-4-17(14)18/h2-7,9-10,13,16,20H,8,11-12H2,1H3,(H,26,28)/t16-,20-/m1/s1. The minimum Gasteiger partial charge on any atom is -0.379 e. The van der Waals surface area contributed by atoms with Crippen molar-refractivity contribution in [3.63, 3.8) is 0 Å². The van der Waals surface area contributed by atoms with Gasteiger partial charge in [-0.05, 0) is 30.2 Å². The molecule has 1 fully saturated rings. The predicted molar refractivity (Wildman–Crippen MR) is 110 cm³/mol. The molecule has 5 rings (SSSR count). The second kappa shape index (κ2) is 7.25. The summed E-state index contributed by atoms with van der Waals surface area (Å²) in [7, 11) is 1.88. The number of benzene rings is 1. The minimum absolute atomic E-state index is 0.0474. The highest BCUT2D eigenvalue weighted by Gasteiger charge is 2.30. The van der Waals surface area contributed by atoms with E-state index in [0.717, 1.165) is 23.0 Å². The molecule has 1 aromatic carbocycles. The molecule has 7 heteroatoms. The smallest absolute Gasteiger partial charge is 0.253 e. The summed E-state index contributed by atoms with van der Waals surface area (Å²) in [6, 6.07) is 11.9. The van der Waals surface area contributed by atoms with Crippen molar-refractivity contribution in [1.82, 2.24) is 24.8 Å². The molecule has 146 valence electrons. The third-order valence-electron chi connectivity index (χ3n) is 5.55. The first-order valence-corrected chi connectivity index (χ1v) is 9.67. The molecule has 4 heterocycles. The first kappa shape index (κ1) is 17.8. The number of pyridine rings is 2. The van der Waals surface area contributed by atoms with Crippen molar-refractivity contribution in [3.8, 4) is 0 Å². The molecule has 1 saturated heterocycles. The van der Waals surface area contributed by atoms with Crippen molar-refractivity contribution in [2.24, 2.45) is 13.0 Å². The highest BCUT2D eigenvalue weighted by molar-refractivity contribution is 5.96. The van der Waals surface area contributed by atoms with E-state index in [1.54, 1.807) is 18.6 Å². The van der Waals surface area contributed by atoms with E-state index in [4.69, 9.17) is 4.74 Å². The van der Waals surface area contributed by atoms with Crippen LogP contribution in [0, 0.1) is 5.92 Å². The summed E-state index contributed by atoms with van der Waals surface area (Å²) in [5, 5.41) is 4.28. The molecular formula is C22H21N5O2. The van der Waals surface area contributed by atoms with Crippen LogP contribution < -0.4 is 5.32 Å². The third kappa shape index (κ3) is 3.34. The van der Waals surface area contributed by atoms with Gasteiger partial charge in [-0.15, -0.1) is 0 Å². The lowest BCUT2D eigenvalue weighted by molar-refractivity contribution is 0.0925. The number of hydrogen-bond acceptors (Lipinski definition) is 5. The topological polar surface area (TPSA) is 81.9 Å². The number of carbonyl (C=O) groups is 1. The fraction of sp³-hybridized carbons (Fsp3) is 0.273. The molecule has 0 aliphatic carbocycles. The maximum Gasteiger partial charge on any atom is 0.253 e. The van der Waals surface area contributed by atoms with Gasteiger partial charge in [-0.2, -0.15) is 0 Å². The summed E-state index contributed by atoms with van der Waals surface area (Å²) in [5.41, 5.74) is 4.19. The van der Waals surface area contributed by atoms with E-state index in [0.29, 0.717) is 24.3 Å². The number of nitrogens with one attached hydrogen (secondary N) is 1. The van der Waals surface area contributed by atoms with Crippen molar-refractivity contribution in [2.45, 2.75) is 12.5 Å². The monoisotopic (exact) mass is 387 g/mol. The van der Waals surface area contributed by atoms with Crippen LogP contribution in [0.1, 0.15) is 15.9 Å². The molecule has 1 N–H and O–H groups in total. The predicted octanol–water partition coefficient (Wildman–Crippen LogP) is 2.50. The van der Waals surface area contributed by atoms with Gasteiger partial charge in [-0.25, -0.2) is 9.97 Å². The number of imidazole rings is 1. The van der Waals surface area contributed by atoms with Crippen LogP contribution in [0.15, 0.2) is 55.1 Å². The van der Waals surface area contributed by atoms with Gasteiger partial charge in [-0.3, -0.25) is 9.78 Å². The van der Waals surface area contributed by atoms with E-state index in [1.807, 2.05) is 36.0 Å². The van der Waals surface area contributed by atoms with Gasteiger partial charge in [0.1, 0.15) is 5.52 Å². The number of fused-ring (bicyclic) bond motifs is 2. The number of hydrogen-bond donors (Lipinski definition) is 1. The molecule has 1 aliphatic heterocycles. The Morgan fingerprint density at radius 1 is 1.17 bits per heavy atom. The molecule has 1 aliphatic rings. The number of carbonyl (C=O) groups excluding carboxylic acids is 1. The molecule has 3 aromatic heterocycles. The quantitative estimate of drug-likeness (QED) is 0.582. The summed E-state index contributed by atoms with van der Waals surface area (Å²) in [4.78, 5) is 25.9. The lowest BCUT2D eigenvalue weighted by Crippen LogP contribution is -2.40. The molecule has 0 unspecified atom stereocenters. The number of aromatic nitrogens is 4. The van der Waals surface area contributed by atoms with Crippen molar-refractivity contribution >= 4 is 28.0 Å². The van der Waals surface area contributed by atoms with E-state index in [9.17, 15) is 4.79 Å². The van der Waals surface area contributed by atoms with Crippen molar-refractivity contribution in [3.05, 3.63) is 66.2 Å². The number of nitrogens with zero attached hydrogens (tertiary/aromatic N) is 4. The van der Waals surface area contributed by atoms with Gasteiger partial charge in [-0.1, -0.05) is 18.2 Å². The van der Waals surface area contributed by atoms with Crippen LogP contribution in [0.4, 0.5) is 0 Å². The van der Waals surface area contributed by atoms with Crippen LogP contribution in [-0.2, 0) is 18.2 Å². The maximum atomic E-state index is 12.8. The highest BCUT2D eigenvalue weighted by Crippen LogP contribution is 2.24. The van der Waals surface area contributed by atoms with E-state index >= 15 is 0 Å². The Hall–Kier alpha value is -3.32. The van der Waals surface area contributed by atoms with Crippen LogP contribution in [0.25, 0.3) is 22.1 Å². The molecule has 4 aromatic rings. The van der Waals surface area contributed by atoms with Crippen molar-refractivity contribution in [2.75, 3.05) is 13.2 Å². The van der Waals surface area contributed by atoms with Crippen LogP contribution in [0.3, 0.4) is 0 Å².